The number of likely N-dealkylation sites (tertiary alicyclic amines) is 2. The molecular weight excluding hydrogens is 399 g/mol. The van der Waals surface area contributed by atoms with Crippen molar-refractivity contribution in [2.24, 2.45) is 11.8 Å². The Morgan fingerprint density at radius 3 is 2.44 bits per heavy atom. The number of carbonyl (C=O) groups excluding carboxylic acids is 1. The van der Waals surface area contributed by atoms with Crippen LogP contribution in [0.25, 0.3) is 10.8 Å². The van der Waals surface area contributed by atoms with Gasteiger partial charge < -0.3 is 9.80 Å². The fraction of sp³-hybridized carbons (Fsp3) is 0.393. The molecule has 2 saturated heterocycles. The van der Waals surface area contributed by atoms with Gasteiger partial charge in [-0.1, -0.05) is 55.5 Å². The van der Waals surface area contributed by atoms with Crippen LogP contribution in [0, 0.1) is 17.7 Å². The smallest absolute Gasteiger partial charge is 0.254 e. The number of hydrogen-bond acceptors (Lipinski definition) is 2. The highest BCUT2D eigenvalue weighted by atomic mass is 19.1. The van der Waals surface area contributed by atoms with Crippen LogP contribution in [0.3, 0.4) is 0 Å². The Labute approximate surface area is 189 Å². The molecule has 2 fully saturated rings. The second-order valence-corrected chi connectivity index (χ2v) is 9.60. The van der Waals surface area contributed by atoms with Gasteiger partial charge in [-0.2, -0.15) is 0 Å². The zero-order chi connectivity index (χ0) is 22.1. The van der Waals surface area contributed by atoms with Crippen LogP contribution < -0.4 is 0 Å². The predicted molar refractivity (Wildman–Crippen MR) is 127 cm³/mol. The van der Waals surface area contributed by atoms with Gasteiger partial charge in [0.15, 0.2) is 0 Å². The number of piperidine rings is 1. The lowest BCUT2D eigenvalue weighted by Gasteiger charge is -2.34. The number of hydrogen-bond donors (Lipinski definition) is 0. The van der Waals surface area contributed by atoms with Crippen molar-refractivity contribution in [2.45, 2.75) is 25.7 Å². The van der Waals surface area contributed by atoms with Crippen molar-refractivity contribution < 1.29 is 9.18 Å². The second kappa shape index (κ2) is 9.03. The first-order valence-corrected chi connectivity index (χ1v) is 11.8. The molecule has 1 amide bonds. The van der Waals surface area contributed by atoms with E-state index in [9.17, 15) is 9.18 Å². The van der Waals surface area contributed by atoms with Gasteiger partial charge >= 0.3 is 0 Å². The summed E-state index contributed by atoms with van der Waals surface area (Å²) in [7, 11) is 0. The fourth-order valence-electron chi connectivity index (χ4n) is 5.54. The normalized spacial score (nSPS) is 22.5. The molecule has 0 bridgehead atoms. The summed E-state index contributed by atoms with van der Waals surface area (Å²) in [4.78, 5) is 18.0. The summed E-state index contributed by atoms with van der Waals surface area (Å²) in [5, 5.41) is 2.16. The Morgan fingerprint density at radius 2 is 1.66 bits per heavy atom. The van der Waals surface area contributed by atoms with Crippen LogP contribution >= 0.6 is 0 Å². The number of rotatable bonds is 4. The lowest BCUT2D eigenvalue weighted by molar-refractivity contribution is 0.0782. The molecule has 32 heavy (non-hydrogen) atoms. The molecule has 2 unspecified atom stereocenters. The SMILES string of the molecule is CC1CN(C(=O)c2cccc3ccccc23)CC1CN1CCC(c2ccc(F)cc2)CC1. The summed E-state index contributed by atoms with van der Waals surface area (Å²) in [6.45, 7) is 7.15. The van der Waals surface area contributed by atoms with Crippen molar-refractivity contribution in [1.82, 2.24) is 9.80 Å². The van der Waals surface area contributed by atoms with Crippen molar-refractivity contribution in [3.05, 3.63) is 83.7 Å². The van der Waals surface area contributed by atoms with Crippen LogP contribution in [0.4, 0.5) is 4.39 Å². The van der Waals surface area contributed by atoms with Crippen molar-refractivity contribution >= 4 is 16.7 Å². The summed E-state index contributed by atoms with van der Waals surface area (Å²) in [5.41, 5.74) is 2.07. The number of nitrogens with zero attached hydrogens (tertiary/aromatic N) is 2. The monoisotopic (exact) mass is 430 g/mol. The quantitative estimate of drug-likeness (QED) is 0.540. The van der Waals surface area contributed by atoms with Gasteiger partial charge in [-0.25, -0.2) is 4.39 Å². The number of carbonyl (C=O) groups is 1. The Kier molecular flexibility index (Phi) is 5.97. The average Bonchev–Trinajstić information content (AvgIpc) is 3.19. The zero-order valence-corrected chi connectivity index (χ0v) is 18.7. The van der Waals surface area contributed by atoms with Gasteiger partial charge in [0.1, 0.15) is 5.82 Å². The number of halogens is 1. The van der Waals surface area contributed by atoms with Crippen LogP contribution in [0.15, 0.2) is 66.7 Å². The van der Waals surface area contributed by atoms with Crippen molar-refractivity contribution in [1.29, 1.82) is 0 Å². The average molecular weight is 431 g/mol. The van der Waals surface area contributed by atoms with Crippen LogP contribution in [0.2, 0.25) is 0 Å². The molecule has 4 heteroatoms. The maximum atomic E-state index is 13.4. The van der Waals surface area contributed by atoms with E-state index < -0.39 is 0 Å². The van der Waals surface area contributed by atoms with Gasteiger partial charge in [0.05, 0.1) is 0 Å². The molecule has 0 aromatic heterocycles. The largest absolute Gasteiger partial charge is 0.338 e. The van der Waals surface area contributed by atoms with E-state index in [1.165, 1.54) is 5.56 Å². The predicted octanol–water partition coefficient (Wildman–Crippen LogP) is 5.57. The van der Waals surface area contributed by atoms with Crippen molar-refractivity contribution in [3.8, 4) is 0 Å². The molecule has 2 heterocycles. The zero-order valence-electron chi connectivity index (χ0n) is 18.7. The number of amides is 1. The highest BCUT2D eigenvalue weighted by Crippen LogP contribution is 2.31. The molecular formula is C28H31FN2O. The lowest BCUT2D eigenvalue weighted by Crippen LogP contribution is -2.38. The van der Waals surface area contributed by atoms with Crippen LogP contribution in [-0.4, -0.2) is 48.4 Å². The van der Waals surface area contributed by atoms with Crippen LogP contribution in [-0.2, 0) is 0 Å². The van der Waals surface area contributed by atoms with Gasteiger partial charge in [-0.3, -0.25) is 4.79 Å². The molecule has 2 aliphatic heterocycles. The first-order valence-electron chi connectivity index (χ1n) is 11.8. The highest BCUT2D eigenvalue weighted by molar-refractivity contribution is 6.07. The molecule has 0 N–H and O–H groups in total. The molecule has 166 valence electrons. The molecule has 3 aromatic rings. The summed E-state index contributed by atoms with van der Waals surface area (Å²) in [6, 6.07) is 21.2. The third-order valence-corrected chi connectivity index (χ3v) is 7.50. The minimum absolute atomic E-state index is 0.158. The first-order chi connectivity index (χ1) is 15.6. The summed E-state index contributed by atoms with van der Waals surface area (Å²) in [5.74, 6) is 1.53. The van der Waals surface area contributed by atoms with Crippen molar-refractivity contribution in [2.75, 3.05) is 32.7 Å². The maximum Gasteiger partial charge on any atom is 0.254 e. The lowest BCUT2D eigenvalue weighted by atomic mass is 9.88. The highest BCUT2D eigenvalue weighted by Gasteiger charge is 2.35. The van der Waals surface area contributed by atoms with E-state index in [1.54, 1.807) is 12.1 Å². The van der Waals surface area contributed by atoms with Crippen LogP contribution in [0.1, 0.15) is 41.6 Å². The molecule has 0 aliphatic carbocycles. The summed E-state index contributed by atoms with van der Waals surface area (Å²) < 4.78 is 13.2. The molecule has 0 spiro atoms. The second-order valence-electron chi connectivity index (χ2n) is 9.60. The Bertz CT molecular complexity index is 1080. The Balaban J connectivity index is 1.20. The molecule has 5 rings (SSSR count). The Hall–Kier alpha value is -2.72. The van der Waals surface area contributed by atoms with Gasteiger partial charge in [-0.05, 0) is 78.2 Å². The van der Waals surface area contributed by atoms with E-state index in [2.05, 4.69) is 28.9 Å². The third-order valence-electron chi connectivity index (χ3n) is 7.50. The van der Waals surface area contributed by atoms with Crippen molar-refractivity contribution in [3.63, 3.8) is 0 Å². The van der Waals surface area contributed by atoms with Gasteiger partial charge in [0.2, 0.25) is 0 Å². The Morgan fingerprint density at radius 1 is 0.938 bits per heavy atom. The number of fused-ring (bicyclic) bond motifs is 1. The molecule has 2 aliphatic rings. The standard InChI is InChI=1S/C28H31FN2O/c1-20-17-31(28(32)27-8-4-6-23-5-2-3-7-26(23)27)19-24(20)18-30-15-13-22(14-16-30)21-9-11-25(29)12-10-21/h2-12,20,22,24H,13-19H2,1H3. The minimum Gasteiger partial charge on any atom is -0.338 e. The third kappa shape index (κ3) is 4.29. The van der Waals surface area contributed by atoms with E-state index in [1.807, 2.05) is 42.5 Å². The molecule has 0 radical (unpaired) electrons. The molecule has 0 saturated carbocycles. The van der Waals surface area contributed by atoms with E-state index in [4.69, 9.17) is 0 Å². The van der Waals surface area contributed by atoms with Gasteiger partial charge in [0, 0.05) is 25.2 Å². The number of benzene rings is 3. The summed E-state index contributed by atoms with van der Waals surface area (Å²) >= 11 is 0. The fourth-order valence-corrected chi connectivity index (χ4v) is 5.54. The maximum absolute atomic E-state index is 13.4. The van der Waals surface area contributed by atoms with Gasteiger partial charge in [0.25, 0.3) is 5.91 Å². The molecule has 3 nitrogen and oxygen atoms in total. The van der Waals surface area contributed by atoms with Crippen LogP contribution in [0.5, 0.6) is 0 Å². The topological polar surface area (TPSA) is 23.6 Å². The summed E-state index contributed by atoms with van der Waals surface area (Å²) in [6.07, 6.45) is 2.23. The molecule has 3 aromatic carbocycles. The van der Waals surface area contributed by atoms with Gasteiger partial charge in [-0.15, -0.1) is 0 Å². The van der Waals surface area contributed by atoms with E-state index >= 15 is 0 Å². The minimum atomic E-state index is -0.163. The van der Waals surface area contributed by atoms with E-state index in [0.29, 0.717) is 17.8 Å². The first kappa shape index (κ1) is 21.1. The van der Waals surface area contributed by atoms with E-state index in [-0.39, 0.29) is 11.7 Å². The van der Waals surface area contributed by atoms with E-state index in [0.717, 1.165) is 61.9 Å². The molecule has 2 atom stereocenters.